The second kappa shape index (κ2) is 9.09. The zero-order valence-corrected chi connectivity index (χ0v) is 19.8. The quantitative estimate of drug-likeness (QED) is 0.507. The van der Waals surface area contributed by atoms with Crippen molar-refractivity contribution in [3.63, 3.8) is 0 Å². The second-order valence-electron chi connectivity index (χ2n) is 8.42. The lowest BCUT2D eigenvalue weighted by Crippen LogP contribution is -2.40. The van der Waals surface area contributed by atoms with E-state index in [9.17, 15) is 17.6 Å². The summed E-state index contributed by atoms with van der Waals surface area (Å²) in [5, 5.41) is 0.407. The van der Waals surface area contributed by atoms with Gasteiger partial charge in [0.15, 0.2) is 0 Å². The van der Waals surface area contributed by atoms with Crippen molar-refractivity contribution in [2.45, 2.75) is 43.4 Å². The highest BCUT2D eigenvalue weighted by atomic mass is 32.2. The Morgan fingerprint density at radius 3 is 2.70 bits per heavy atom. The smallest absolute Gasteiger partial charge is 0.310 e. The van der Waals surface area contributed by atoms with Crippen LogP contribution in [0.25, 0.3) is 10.9 Å². The van der Waals surface area contributed by atoms with Gasteiger partial charge in [-0.25, -0.2) is 12.8 Å². The Morgan fingerprint density at radius 2 is 1.97 bits per heavy atom. The van der Waals surface area contributed by atoms with Crippen molar-refractivity contribution in [1.82, 2.24) is 4.98 Å². The maximum Gasteiger partial charge on any atom is 0.310 e. The highest BCUT2D eigenvalue weighted by Crippen LogP contribution is 2.38. The van der Waals surface area contributed by atoms with E-state index in [2.05, 4.69) is 4.98 Å². The lowest BCUT2D eigenvalue weighted by Gasteiger charge is -2.35. The van der Waals surface area contributed by atoms with Gasteiger partial charge in [-0.1, -0.05) is 6.07 Å². The molecule has 3 aromatic rings. The minimum Gasteiger partial charge on any atom is -0.466 e. The summed E-state index contributed by atoms with van der Waals surface area (Å²) in [4.78, 5) is 18.8. The molecule has 0 radical (unpaired) electrons. The molecule has 0 spiro atoms. The molecule has 4 rings (SSSR count). The van der Waals surface area contributed by atoms with Crippen molar-refractivity contribution in [2.75, 3.05) is 24.6 Å². The molecule has 1 atom stereocenters. The predicted molar refractivity (Wildman–Crippen MR) is 125 cm³/mol. The summed E-state index contributed by atoms with van der Waals surface area (Å²) < 4.78 is 47.0. The van der Waals surface area contributed by atoms with Crippen molar-refractivity contribution in [3.05, 3.63) is 59.5 Å². The Morgan fingerprint density at radius 1 is 1.18 bits per heavy atom. The van der Waals surface area contributed by atoms with Crippen LogP contribution in [0.3, 0.4) is 0 Å². The maximum atomic E-state index is 14.3. The highest BCUT2D eigenvalue weighted by Gasteiger charge is 2.32. The number of anilines is 1. The van der Waals surface area contributed by atoms with Gasteiger partial charge in [-0.05, 0) is 75.1 Å². The first-order chi connectivity index (χ1) is 15.7. The first-order valence-electron chi connectivity index (χ1n) is 11.0. The Balaban J connectivity index is 1.90. The van der Waals surface area contributed by atoms with Crippen molar-refractivity contribution in [2.24, 2.45) is 5.92 Å². The van der Waals surface area contributed by atoms with Gasteiger partial charge in [-0.3, -0.25) is 9.78 Å². The molecule has 8 heteroatoms. The number of benzene rings is 2. The number of aryl methyl sites for hydroxylation is 2. The van der Waals surface area contributed by atoms with E-state index in [1.54, 1.807) is 25.1 Å². The van der Waals surface area contributed by atoms with Crippen molar-refractivity contribution >= 4 is 32.4 Å². The van der Waals surface area contributed by atoms with E-state index < -0.39 is 15.7 Å². The molecule has 0 amide bonds. The van der Waals surface area contributed by atoms with E-state index in [-0.39, 0.29) is 28.3 Å². The lowest BCUT2D eigenvalue weighted by molar-refractivity contribution is -0.148. The van der Waals surface area contributed by atoms with Gasteiger partial charge >= 0.3 is 5.97 Å². The van der Waals surface area contributed by atoms with Gasteiger partial charge in [0.2, 0.25) is 9.84 Å². The number of carbonyl (C=O) groups excluding carboxylic acids is 1. The fourth-order valence-corrected chi connectivity index (χ4v) is 5.81. The third kappa shape index (κ3) is 4.44. The summed E-state index contributed by atoms with van der Waals surface area (Å²) in [5.74, 6) is -1.16. The minimum absolute atomic E-state index is 0.00774. The number of hydrogen-bond acceptors (Lipinski definition) is 6. The molecule has 2 heterocycles. The van der Waals surface area contributed by atoms with E-state index in [1.165, 1.54) is 24.4 Å². The molecular formula is C25H27FN2O4S. The molecule has 1 aromatic heterocycles. The largest absolute Gasteiger partial charge is 0.466 e. The molecule has 0 bridgehead atoms. The molecule has 0 N–H and O–H groups in total. The molecule has 2 aromatic carbocycles. The van der Waals surface area contributed by atoms with Crippen LogP contribution in [0.15, 0.2) is 52.4 Å². The SMILES string of the molecule is CCOC(=O)[C@@H]1CCCN(c2c(S(=O)(=O)c3ccc(C)c(C)c3)cnc3ccc(F)cc23)C1. The molecule has 33 heavy (non-hydrogen) atoms. The van der Waals surface area contributed by atoms with E-state index in [4.69, 9.17) is 4.74 Å². The summed E-state index contributed by atoms with van der Waals surface area (Å²) in [6, 6.07) is 9.14. The van der Waals surface area contributed by atoms with Crippen LogP contribution in [0.5, 0.6) is 0 Å². The Kier molecular flexibility index (Phi) is 6.38. The van der Waals surface area contributed by atoms with Crippen molar-refractivity contribution in [1.29, 1.82) is 0 Å². The average Bonchev–Trinajstić information content (AvgIpc) is 2.80. The van der Waals surface area contributed by atoms with Crippen LogP contribution in [0.2, 0.25) is 0 Å². The molecule has 1 saturated heterocycles. The molecule has 174 valence electrons. The second-order valence-corrected chi connectivity index (χ2v) is 10.3. The van der Waals surface area contributed by atoms with Gasteiger partial charge in [0, 0.05) is 24.7 Å². The number of rotatable bonds is 5. The van der Waals surface area contributed by atoms with Gasteiger partial charge in [0.25, 0.3) is 0 Å². The molecular weight excluding hydrogens is 443 g/mol. The third-order valence-electron chi connectivity index (χ3n) is 6.20. The standard InChI is InChI=1S/C25H27FN2O4S/c1-4-32-25(29)18-6-5-11-28(15-18)24-21-13-19(26)8-10-22(21)27-14-23(24)33(30,31)20-9-7-16(2)17(3)12-20/h7-10,12-14,18H,4-6,11,15H2,1-3H3/t18-/m1/s1. The van der Waals surface area contributed by atoms with Crippen LogP contribution in [0.4, 0.5) is 10.1 Å². The molecule has 6 nitrogen and oxygen atoms in total. The average molecular weight is 471 g/mol. The first-order valence-corrected chi connectivity index (χ1v) is 12.5. The molecule has 0 unspecified atom stereocenters. The van der Waals surface area contributed by atoms with Crippen LogP contribution in [0, 0.1) is 25.6 Å². The van der Waals surface area contributed by atoms with Gasteiger partial charge < -0.3 is 9.64 Å². The summed E-state index contributed by atoms with van der Waals surface area (Å²) in [6.07, 6.45) is 2.69. The van der Waals surface area contributed by atoms with Crippen LogP contribution >= 0.6 is 0 Å². The van der Waals surface area contributed by atoms with Gasteiger partial charge in [0.05, 0.1) is 28.6 Å². The normalized spacial score (nSPS) is 16.7. The van der Waals surface area contributed by atoms with E-state index in [0.717, 1.165) is 11.1 Å². The number of carbonyl (C=O) groups is 1. The molecule has 0 aliphatic carbocycles. The number of ether oxygens (including phenoxy) is 1. The number of pyridine rings is 1. The van der Waals surface area contributed by atoms with Gasteiger partial charge in [-0.15, -0.1) is 0 Å². The van der Waals surface area contributed by atoms with Gasteiger partial charge in [-0.2, -0.15) is 0 Å². The van der Waals surface area contributed by atoms with Crippen LogP contribution in [-0.2, 0) is 19.4 Å². The Hall–Kier alpha value is -3.00. The summed E-state index contributed by atoms with van der Waals surface area (Å²) in [6.45, 7) is 6.65. The van der Waals surface area contributed by atoms with Crippen molar-refractivity contribution < 1.29 is 22.3 Å². The highest BCUT2D eigenvalue weighted by molar-refractivity contribution is 7.91. The number of sulfone groups is 1. The van der Waals surface area contributed by atoms with Crippen molar-refractivity contribution in [3.8, 4) is 0 Å². The first kappa shape index (κ1) is 23.2. The zero-order valence-electron chi connectivity index (χ0n) is 19.0. The summed E-state index contributed by atoms with van der Waals surface area (Å²) in [7, 11) is -3.95. The van der Waals surface area contributed by atoms with E-state index in [0.29, 0.717) is 42.5 Å². The Bertz CT molecular complexity index is 1320. The van der Waals surface area contributed by atoms with E-state index in [1.807, 2.05) is 18.7 Å². The monoisotopic (exact) mass is 470 g/mol. The Labute approximate surface area is 193 Å². The fraction of sp³-hybridized carbons (Fsp3) is 0.360. The number of hydrogen-bond donors (Lipinski definition) is 0. The van der Waals surface area contributed by atoms with Crippen LogP contribution in [0.1, 0.15) is 30.9 Å². The number of piperidine rings is 1. The number of halogens is 1. The number of nitrogens with zero attached hydrogens (tertiary/aromatic N) is 2. The molecule has 1 aliphatic rings. The number of esters is 1. The fourth-order valence-electron chi connectivity index (χ4n) is 4.30. The maximum absolute atomic E-state index is 14.3. The number of fused-ring (bicyclic) bond motifs is 1. The topological polar surface area (TPSA) is 76.6 Å². The van der Waals surface area contributed by atoms with Crippen LogP contribution < -0.4 is 4.90 Å². The van der Waals surface area contributed by atoms with Gasteiger partial charge in [0.1, 0.15) is 10.7 Å². The zero-order chi connectivity index (χ0) is 23.8. The summed E-state index contributed by atoms with van der Waals surface area (Å²) in [5.41, 5.74) is 2.72. The van der Waals surface area contributed by atoms with E-state index >= 15 is 0 Å². The molecule has 1 fully saturated rings. The number of aromatic nitrogens is 1. The minimum atomic E-state index is -3.95. The summed E-state index contributed by atoms with van der Waals surface area (Å²) >= 11 is 0. The molecule has 0 saturated carbocycles. The molecule has 1 aliphatic heterocycles. The lowest BCUT2D eigenvalue weighted by atomic mass is 9.97. The predicted octanol–water partition coefficient (Wildman–Crippen LogP) is 4.60. The third-order valence-corrected chi connectivity index (χ3v) is 7.96. The van der Waals surface area contributed by atoms with Crippen LogP contribution in [-0.4, -0.2) is 39.1 Å².